The van der Waals surface area contributed by atoms with Crippen molar-refractivity contribution in [1.29, 1.82) is 0 Å². The number of hydrogen-bond acceptors (Lipinski definition) is 3. The van der Waals surface area contributed by atoms with Crippen LogP contribution in [0.25, 0.3) is 17.0 Å². The van der Waals surface area contributed by atoms with Gasteiger partial charge in [-0.3, -0.25) is 19.8 Å². The van der Waals surface area contributed by atoms with Gasteiger partial charge in [-0.05, 0) is 54.5 Å². The number of aromatic nitrogens is 1. The molecular weight excluding hydrogens is 466 g/mol. The van der Waals surface area contributed by atoms with Crippen molar-refractivity contribution >= 4 is 63.4 Å². The first-order chi connectivity index (χ1) is 16.4. The SMILES string of the molecule is Cc1ccc(N2C(=O)/C(=C/c3cn(Cc4ccccc4)c4ccccc34)C(=O)NC2=S)cc1Cl. The van der Waals surface area contributed by atoms with Crippen LogP contribution in [-0.2, 0) is 16.1 Å². The van der Waals surface area contributed by atoms with Crippen LogP contribution in [0.4, 0.5) is 5.69 Å². The lowest BCUT2D eigenvalue weighted by Crippen LogP contribution is -2.54. The number of rotatable bonds is 4. The van der Waals surface area contributed by atoms with Crippen LogP contribution in [0.15, 0.2) is 84.6 Å². The second kappa shape index (κ2) is 8.89. The molecule has 2 amide bonds. The predicted molar refractivity (Wildman–Crippen MR) is 140 cm³/mol. The van der Waals surface area contributed by atoms with Gasteiger partial charge in [0.2, 0.25) is 0 Å². The second-order valence-corrected chi connectivity index (χ2v) is 8.90. The largest absolute Gasteiger partial charge is 0.342 e. The van der Waals surface area contributed by atoms with E-state index in [4.69, 9.17) is 23.8 Å². The lowest BCUT2D eigenvalue weighted by atomic mass is 10.1. The summed E-state index contributed by atoms with van der Waals surface area (Å²) in [5.41, 5.74) is 4.34. The first-order valence-corrected chi connectivity index (χ1v) is 11.5. The minimum absolute atomic E-state index is 0.00733. The van der Waals surface area contributed by atoms with E-state index in [-0.39, 0.29) is 10.7 Å². The Balaban J connectivity index is 1.57. The minimum atomic E-state index is -0.524. The van der Waals surface area contributed by atoms with Crippen LogP contribution in [0.1, 0.15) is 16.7 Å². The molecule has 1 N–H and O–H groups in total. The van der Waals surface area contributed by atoms with Gasteiger partial charge < -0.3 is 4.57 Å². The number of halogens is 1. The van der Waals surface area contributed by atoms with Gasteiger partial charge >= 0.3 is 0 Å². The summed E-state index contributed by atoms with van der Waals surface area (Å²) in [6.45, 7) is 2.55. The summed E-state index contributed by atoms with van der Waals surface area (Å²) in [5, 5.41) is 4.13. The Labute approximate surface area is 207 Å². The van der Waals surface area contributed by atoms with Crippen LogP contribution in [0.3, 0.4) is 0 Å². The van der Waals surface area contributed by atoms with Gasteiger partial charge in [-0.25, -0.2) is 0 Å². The van der Waals surface area contributed by atoms with Crippen LogP contribution in [0.5, 0.6) is 0 Å². The fourth-order valence-corrected chi connectivity index (χ4v) is 4.53. The van der Waals surface area contributed by atoms with Crippen molar-refractivity contribution < 1.29 is 9.59 Å². The number of hydrogen-bond donors (Lipinski definition) is 1. The lowest BCUT2D eigenvalue weighted by molar-refractivity contribution is -0.122. The average molecular weight is 486 g/mol. The Morgan fingerprint density at radius 2 is 1.74 bits per heavy atom. The molecule has 4 aromatic rings. The summed E-state index contributed by atoms with van der Waals surface area (Å²) in [7, 11) is 0. The molecule has 0 aliphatic carbocycles. The highest BCUT2D eigenvalue weighted by molar-refractivity contribution is 7.80. The molecule has 168 valence electrons. The highest BCUT2D eigenvalue weighted by atomic mass is 35.5. The molecule has 0 spiro atoms. The Kier molecular flexibility index (Phi) is 5.77. The maximum atomic E-state index is 13.4. The number of amides is 2. The van der Waals surface area contributed by atoms with Gasteiger partial charge in [0.15, 0.2) is 5.11 Å². The van der Waals surface area contributed by atoms with Crippen molar-refractivity contribution in [2.45, 2.75) is 13.5 Å². The standard InChI is InChI=1S/C27H20ClN3O2S/c1-17-11-12-20(14-23(17)28)31-26(33)22(25(32)29-27(31)34)13-19-16-30(15-18-7-3-2-4-8-18)24-10-6-5-9-21(19)24/h2-14,16H,15H2,1H3,(H,29,32,34)/b22-13+. The number of nitrogens with zero attached hydrogens (tertiary/aromatic N) is 2. The minimum Gasteiger partial charge on any atom is -0.342 e. The van der Waals surface area contributed by atoms with E-state index >= 15 is 0 Å². The van der Waals surface area contributed by atoms with E-state index in [1.54, 1.807) is 18.2 Å². The number of fused-ring (bicyclic) bond motifs is 1. The van der Waals surface area contributed by atoms with Crippen molar-refractivity contribution in [1.82, 2.24) is 9.88 Å². The zero-order valence-electron chi connectivity index (χ0n) is 18.3. The van der Waals surface area contributed by atoms with Gasteiger partial charge in [-0.2, -0.15) is 0 Å². The molecule has 3 aromatic carbocycles. The molecule has 1 fully saturated rings. The Bertz CT molecular complexity index is 1490. The van der Waals surface area contributed by atoms with Crippen molar-refractivity contribution in [3.8, 4) is 0 Å². The Hall–Kier alpha value is -3.74. The molecule has 5 rings (SSSR count). The topological polar surface area (TPSA) is 54.3 Å². The first kappa shape index (κ1) is 22.1. The van der Waals surface area contributed by atoms with Gasteiger partial charge in [-0.15, -0.1) is 0 Å². The summed E-state index contributed by atoms with van der Waals surface area (Å²) in [6, 6.07) is 23.3. The molecular formula is C27H20ClN3O2S. The third-order valence-electron chi connectivity index (χ3n) is 5.83. The number of carbonyl (C=O) groups excluding carboxylic acids is 2. The lowest BCUT2D eigenvalue weighted by Gasteiger charge is -2.29. The Morgan fingerprint density at radius 3 is 2.50 bits per heavy atom. The predicted octanol–water partition coefficient (Wildman–Crippen LogP) is 5.48. The smallest absolute Gasteiger partial charge is 0.270 e. The molecule has 1 aliphatic rings. The number of benzene rings is 3. The molecule has 0 unspecified atom stereocenters. The number of carbonyl (C=O) groups is 2. The summed E-state index contributed by atoms with van der Waals surface area (Å²) in [5.74, 6) is -1.02. The average Bonchev–Trinajstić information content (AvgIpc) is 3.17. The van der Waals surface area contributed by atoms with E-state index in [2.05, 4.69) is 22.0 Å². The number of aryl methyl sites for hydroxylation is 1. The van der Waals surface area contributed by atoms with Crippen LogP contribution in [0.2, 0.25) is 5.02 Å². The molecule has 0 radical (unpaired) electrons. The maximum Gasteiger partial charge on any atom is 0.270 e. The quantitative estimate of drug-likeness (QED) is 0.236. The summed E-state index contributed by atoms with van der Waals surface area (Å²) in [6.07, 6.45) is 3.59. The normalized spacial score (nSPS) is 15.3. The molecule has 1 saturated heterocycles. The number of anilines is 1. The van der Waals surface area contributed by atoms with Crippen LogP contribution < -0.4 is 10.2 Å². The highest BCUT2D eigenvalue weighted by Gasteiger charge is 2.34. The third-order valence-corrected chi connectivity index (χ3v) is 6.52. The fourth-order valence-electron chi connectivity index (χ4n) is 4.07. The summed E-state index contributed by atoms with van der Waals surface area (Å²) >= 11 is 11.6. The molecule has 2 heterocycles. The van der Waals surface area contributed by atoms with Crippen molar-refractivity contribution in [2.75, 3.05) is 4.90 Å². The molecule has 0 saturated carbocycles. The van der Waals surface area contributed by atoms with E-state index in [0.717, 1.165) is 27.6 Å². The number of thiocarbonyl (C=S) groups is 1. The highest BCUT2D eigenvalue weighted by Crippen LogP contribution is 2.29. The third kappa shape index (κ3) is 4.02. The monoisotopic (exact) mass is 485 g/mol. The van der Waals surface area contributed by atoms with Crippen molar-refractivity contribution in [3.63, 3.8) is 0 Å². The molecule has 1 aromatic heterocycles. The van der Waals surface area contributed by atoms with Gasteiger partial charge in [0.1, 0.15) is 5.57 Å². The zero-order chi connectivity index (χ0) is 23.8. The summed E-state index contributed by atoms with van der Waals surface area (Å²) in [4.78, 5) is 27.5. The van der Waals surface area contributed by atoms with Crippen molar-refractivity contribution in [2.24, 2.45) is 0 Å². The maximum absolute atomic E-state index is 13.4. The molecule has 34 heavy (non-hydrogen) atoms. The molecule has 0 bridgehead atoms. The van der Waals surface area contributed by atoms with Crippen LogP contribution in [0, 0.1) is 6.92 Å². The van der Waals surface area contributed by atoms with E-state index in [0.29, 0.717) is 17.3 Å². The second-order valence-electron chi connectivity index (χ2n) is 8.11. The van der Waals surface area contributed by atoms with Gasteiger partial charge in [0.25, 0.3) is 11.8 Å². The van der Waals surface area contributed by atoms with Gasteiger partial charge in [-0.1, -0.05) is 66.2 Å². The van der Waals surface area contributed by atoms with Gasteiger partial charge in [0, 0.05) is 34.2 Å². The number of para-hydroxylation sites is 1. The zero-order valence-corrected chi connectivity index (χ0v) is 19.9. The molecule has 0 atom stereocenters. The molecule has 5 nitrogen and oxygen atoms in total. The van der Waals surface area contributed by atoms with Gasteiger partial charge in [0.05, 0.1) is 5.69 Å². The number of nitrogens with one attached hydrogen (secondary N) is 1. The van der Waals surface area contributed by atoms with Crippen LogP contribution in [-0.4, -0.2) is 21.5 Å². The van der Waals surface area contributed by atoms with E-state index in [9.17, 15) is 9.59 Å². The molecule has 1 aliphatic heterocycles. The van der Waals surface area contributed by atoms with E-state index in [1.165, 1.54) is 4.90 Å². The van der Waals surface area contributed by atoms with Crippen LogP contribution >= 0.6 is 23.8 Å². The van der Waals surface area contributed by atoms with E-state index < -0.39 is 11.8 Å². The Morgan fingerprint density at radius 1 is 1.00 bits per heavy atom. The summed E-state index contributed by atoms with van der Waals surface area (Å²) < 4.78 is 2.12. The van der Waals surface area contributed by atoms with Crippen molar-refractivity contribution in [3.05, 3.63) is 106 Å². The fraction of sp³-hybridized carbons (Fsp3) is 0.0741. The molecule has 7 heteroatoms. The first-order valence-electron chi connectivity index (χ1n) is 10.7. The van der Waals surface area contributed by atoms with E-state index in [1.807, 2.05) is 61.7 Å².